The van der Waals surface area contributed by atoms with Gasteiger partial charge in [-0.25, -0.2) is 14.8 Å². The average molecular weight is 458 g/mol. The van der Waals surface area contributed by atoms with Gasteiger partial charge in [0.2, 0.25) is 5.91 Å². The van der Waals surface area contributed by atoms with Gasteiger partial charge in [-0.05, 0) is 53.4 Å². The monoisotopic (exact) mass is 457 g/mol. The van der Waals surface area contributed by atoms with E-state index in [0.29, 0.717) is 43.4 Å². The van der Waals surface area contributed by atoms with Crippen LogP contribution in [-0.2, 0) is 22.5 Å². The summed E-state index contributed by atoms with van der Waals surface area (Å²) in [7, 11) is 0. The van der Waals surface area contributed by atoms with Crippen molar-refractivity contribution in [1.82, 2.24) is 30.4 Å². The van der Waals surface area contributed by atoms with Crippen LogP contribution in [0, 0.1) is 19.8 Å². The molecule has 1 atom stereocenters. The highest BCUT2D eigenvalue weighted by molar-refractivity contribution is 5.86. The van der Waals surface area contributed by atoms with E-state index in [-0.39, 0.29) is 11.8 Å². The van der Waals surface area contributed by atoms with Gasteiger partial charge in [0, 0.05) is 23.9 Å². The van der Waals surface area contributed by atoms with Gasteiger partial charge in [-0.2, -0.15) is 5.10 Å². The van der Waals surface area contributed by atoms with E-state index in [9.17, 15) is 9.59 Å². The number of nitrogens with zero attached hydrogens (tertiary/aromatic N) is 4. The van der Waals surface area contributed by atoms with E-state index < -0.39 is 17.7 Å². The van der Waals surface area contributed by atoms with Gasteiger partial charge in [0.25, 0.3) is 0 Å². The maximum Gasteiger partial charge on any atom is 0.408 e. The van der Waals surface area contributed by atoms with E-state index in [0.717, 1.165) is 17.0 Å². The van der Waals surface area contributed by atoms with Crippen LogP contribution in [0.5, 0.6) is 0 Å². The van der Waals surface area contributed by atoms with Crippen molar-refractivity contribution < 1.29 is 14.3 Å². The van der Waals surface area contributed by atoms with Gasteiger partial charge in [0.1, 0.15) is 23.3 Å². The number of hydrogen-bond acceptors (Lipinski definition) is 7. The number of aromatic amines is 1. The van der Waals surface area contributed by atoms with Crippen LogP contribution in [0.3, 0.4) is 0 Å². The molecule has 180 valence electrons. The fraction of sp³-hybridized carbons (Fsp3) is 0.609. The molecule has 2 aromatic rings. The number of fused-ring (bicyclic) bond motifs is 1. The molecule has 2 amide bonds. The molecule has 0 fully saturated rings. The average Bonchev–Trinajstić information content (AvgIpc) is 3.09. The Morgan fingerprint density at radius 2 is 1.97 bits per heavy atom. The summed E-state index contributed by atoms with van der Waals surface area (Å²) in [6.07, 6.45) is 0.543. The summed E-state index contributed by atoms with van der Waals surface area (Å²) in [5, 5.41) is 13.2. The quantitative estimate of drug-likeness (QED) is 0.607. The molecule has 0 saturated heterocycles. The van der Waals surface area contributed by atoms with Crippen molar-refractivity contribution in [3.8, 4) is 0 Å². The van der Waals surface area contributed by atoms with Gasteiger partial charge >= 0.3 is 6.09 Å². The SMILES string of the molecule is Cc1nc2c(c(Nc3cc(C)[nH]n3)n1)CCN(C(=O)[C@H](CC(C)C)NC(=O)OC(C)(C)C)C2. The number of aromatic nitrogens is 4. The Labute approximate surface area is 194 Å². The fourth-order valence-corrected chi connectivity index (χ4v) is 3.81. The lowest BCUT2D eigenvalue weighted by Gasteiger charge is -2.33. The zero-order valence-electron chi connectivity index (χ0n) is 20.6. The summed E-state index contributed by atoms with van der Waals surface area (Å²) in [5.41, 5.74) is 2.09. The minimum atomic E-state index is -0.658. The number of carbonyl (C=O) groups is 2. The van der Waals surface area contributed by atoms with Gasteiger partial charge in [-0.3, -0.25) is 9.89 Å². The Morgan fingerprint density at radius 3 is 2.58 bits per heavy atom. The second-order valence-corrected chi connectivity index (χ2v) is 9.94. The number of rotatable bonds is 6. The van der Waals surface area contributed by atoms with Crippen molar-refractivity contribution in [3.05, 3.63) is 28.8 Å². The highest BCUT2D eigenvalue weighted by Gasteiger charge is 2.32. The van der Waals surface area contributed by atoms with Gasteiger partial charge in [-0.15, -0.1) is 0 Å². The maximum atomic E-state index is 13.4. The summed E-state index contributed by atoms with van der Waals surface area (Å²) in [6.45, 7) is 14.1. The first-order valence-corrected chi connectivity index (χ1v) is 11.3. The van der Waals surface area contributed by atoms with E-state index in [1.807, 2.05) is 33.8 Å². The first-order valence-electron chi connectivity index (χ1n) is 11.3. The molecule has 3 heterocycles. The first kappa shape index (κ1) is 24.5. The van der Waals surface area contributed by atoms with E-state index >= 15 is 0 Å². The number of anilines is 2. The lowest BCUT2D eigenvalue weighted by atomic mass is 10.00. The highest BCUT2D eigenvalue weighted by atomic mass is 16.6. The third kappa shape index (κ3) is 6.66. The van der Waals surface area contributed by atoms with Crippen molar-refractivity contribution >= 4 is 23.6 Å². The summed E-state index contributed by atoms with van der Waals surface area (Å²) >= 11 is 0. The predicted octanol–water partition coefficient (Wildman–Crippen LogP) is 3.38. The number of carbonyl (C=O) groups excluding carboxylic acids is 2. The molecule has 3 rings (SSSR count). The number of ether oxygens (including phenoxy) is 1. The third-order valence-electron chi connectivity index (χ3n) is 5.14. The molecule has 10 heteroatoms. The third-order valence-corrected chi connectivity index (χ3v) is 5.14. The molecule has 0 radical (unpaired) electrons. The largest absolute Gasteiger partial charge is 0.444 e. The number of aryl methyl sites for hydroxylation is 2. The summed E-state index contributed by atoms with van der Waals surface area (Å²) in [5.74, 6) is 2.10. The van der Waals surface area contributed by atoms with Crippen molar-refractivity contribution in [2.45, 2.75) is 79.5 Å². The molecule has 3 N–H and O–H groups in total. The highest BCUT2D eigenvalue weighted by Crippen LogP contribution is 2.26. The summed E-state index contributed by atoms with van der Waals surface area (Å²) < 4.78 is 5.38. The van der Waals surface area contributed by atoms with Crippen molar-refractivity contribution in [2.75, 3.05) is 11.9 Å². The van der Waals surface area contributed by atoms with Crippen LogP contribution in [0.25, 0.3) is 0 Å². The normalized spacial score (nSPS) is 14.6. The molecule has 2 aromatic heterocycles. The molecule has 1 aliphatic heterocycles. The second kappa shape index (κ2) is 9.76. The summed E-state index contributed by atoms with van der Waals surface area (Å²) in [4.78, 5) is 36.7. The van der Waals surface area contributed by atoms with E-state index in [4.69, 9.17) is 4.74 Å². The molecule has 1 aliphatic rings. The molecule has 0 bridgehead atoms. The first-order chi connectivity index (χ1) is 15.4. The van der Waals surface area contributed by atoms with E-state index in [1.54, 1.807) is 25.7 Å². The molecule has 0 saturated carbocycles. The Bertz CT molecular complexity index is 1010. The topological polar surface area (TPSA) is 125 Å². The Balaban J connectivity index is 1.77. The van der Waals surface area contributed by atoms with Gasteiger partial charge in [0.05, 0.1) is 12.2 Å². The van der Waals surface area contributed by atoms with Gasteiger partial charge < -0.3 is 20.3 Å². The molecule has 0 aromatic carbocycles. The lowest BCUT2D eigenvalue weighted by Crippen LogP contribution is -2.51. The minimum absolute atomic E-state index is 0.131. The van der Waals surface area contributed by atoms with E-state index in [2.05, 4.69) is 30.8 Å². The predicted molar refractivity (Wildman–Crippen MR) is 125 cm³/mol. The van der Waals surface area contributed by atoms with Gasteiger partial charge in [-0.1, -0.05) is 13.8 Å². The number of amides is 2. The fourth-order valence-electron chi connectivity index (χ4n) is 3.81. The Morgan fingerprint density at radius 1 is 1.24 bits per heavy atom. The Kier molecular flexibility index (Phi) is 7.24. The van der Waals surface area contributed by atoms with Crippen molar-refractivity contribution in [1.29, 1.82) is 0 Å². The number of H-pyrrole nitrogens is 1. The van der Waals surface area contributed by atoms with Crippen LogP contribution in [0.15, 0.2) is 6.07 Å². The zero-order chi connectivity index (χ0) is 24.3. The Hall–Kier alpha value is -3.17. The zero-order valence-corrected chi connectivity index (χ0v) is 20.6. The maximum absolute atomic E-state index is 13.4. The van der Waals surface area contributed by atoms with Crippen LogP contribution in [-0.4, -0.2) is 55.3 Å². The molecular weight excluding hydrogens is 422 g/mol. The van der Waals surface area contributed by atoms with Crippen molar-refractivity contribution in [2.24, 2.45) is 5.92 Å². The van der Waals surface area contributed by atoms with Crippen LogP contribution >= 0.6 is 0 Å². The van der Waals surface area contributed by atoms with E-state index in [1.165, 1.54) is 0 Å². The number of nitrogens with one attached hydrogen (secondary N) is 3. The van der Waals surface area contributed by atoms with Crippen LogP contribution in [0.2, 0.25) is 0 Å². The minimum Gasteiger partial charge on any atom is -0.444 e. The molecule has 0 spiro atoms. The smallest absolute Gasteiger partial charge is 0.408 e. The number of alkyl carbamates (subject to hydrolysis) is 1. The van der Waals surface area contributed by atoms with Crippen LogP contribution in [0.4, 0.5) is 16.4 Å². The second-order valence-electron chi connectivity index (χ2n) is 9.94. The lowest BCUT2D eigenvalue weighted by molar-refractivity contribution is -0.135. The summed E-state index contributed by atoms with van der Waals surface area (Å²) in [6, 6.07) is 1.25. The van der Waals surface area contributed by atoms with Gasteiger partial charge in [0.15, 0.2) is 5.82 Å². The molecule has 0 aliphatic carbocycles. The molecule has 10 nitrogen and oxygen atoms in total. The molecule has 33 heavy (non-hydrogen) atoms. The standard InChI is InChI=1S/C23H35N7O3/c1-13(2)10-17(26-22(32)33-23(5,6)7)21(31)30-9-8-16-18(12-30)24-15(4)25-20(16)27-19-11-14(3)28-29-19/h11,13,17H,8-10,12H2,1-7H3,(H,26,32)(H2,24,25,27,28,29)/t17-/m0/s1. The van der Waals surface area contributed by atoms with Crippen LogP contribution < -0.4 is 10.6 Å². The van der Waals surface area contributed by atoms with Crippen molar-refractivity contribution in [3.63, 3.8) is 0 Å². The van der Waals surface area contributed by atoms with Crippen LogP contribution in [0.1, 0.15) is 63.8 Å². The molecular formula is C23H35N7O3. The molecule has 0 unspecified atom stereocenters. The number of hydrogen-bond donors (Lipinski definition) is 3.